The Balaban J connectivity index is 1.86. The van der Waals surface area contributed by atoms with E-state index in [1.165, 1.54) is 4.68 Å². The van der Waals surface area contributed by atoms with Gasteiger partial charge in [0.15, 0.2) is 5.82 Å². The first-order valence-corrected chi connectivity index (χ1v) is 6.53. The molecule has 2 heterocycles. The number of nitrogens with zero attached hydrogens (tertiary/aromatic N) is 4. The smallest absolute Gasteiger partial charge is 0.275 e. The minimum Gasteiger partial charge on any atom is -0.384 e. The molecule has 0 saturated carbocycles. The molecule has 0 aliphatic heterocycles. The van der Waals surface area contributed by atoms with Gasteiger partial charge in [-0.1, -0.05) is 23.4 Å². The SMILES string of the molecule is COCCc1noc(Cn2ncc3ccccc3c2=O)n1. The second-order valence-corrected chi connectivity index (χ2v) is 4.54. The Morgan fingerprint density at radius 3 is 3.05 bits per heavy atom. The van der Waals surface area contributed by atoms with Gasteiger partial charge in [0.2, 0.25) is 5.89 Å². The van der Waals surface area contributed by atoms with Crippen molar-refractivity contribution in [1.29, 1.82) is 0 Å². The quantitative estimate of drug-likeness (QED) is 0.696. The highest BCUT2D eigenvalue weighted by Gasteiger charge is 2.10. The average molecular weight is 286 g/mol. The summed E-state index contributed by atoms with van der Waals surface area (Å²) < 4.78 is 11.4. The second-order valence-electron chi connectivity index (χ2n) is 4.54. The van der Waals surface area contributed by atoms with Gasteiger partial charge >= 0.3 is 0 Å². The third-order valence-electron chi connectivity index (χ3n) is 3.09. The zero-order valence-corrected chi connectivity index (χ0v) is 11.5. The van der Waals surface area contributed by atoms with Gasteiger partial charge < -0.3 is 9.26 Å². The minimum absolute atomic E-state index is 0.156. The molecule has 7 heteroatoms. The summed E-state index contributed by atoms with van der Waals surface area (Å²) in [5.41, 5.74) is -0.176. The molecule has 108 valence electrons. The van der Waals surface area contributed by atoms with Crippen LogP contribution in [0.2, 0.25) is 0 Å². The molecule has 0 aliphatic carbocycles. The summed E-state index contributed by atoms with van der Waals surface area (Å²) in [6.07, 6.45) is 2.22. The molecule has 0 aliphatic rings. The largest absolute Gasteiger partial charge is 0.384 e. The number of rotatable bonds is 5. The topological polar surface area (TPSA) is 83.0 Å². The standard InChI is InChI=1S/C14H14N4O3/c1-20-7-6-12-16-13(21-17-12)9-18-14(19)11-5-3-2-4-10(11)8-15-18/h2-5,8H,6-7,9H2,1H3. The number of aromatic nitrogens is 4. The molecule has 21 heavy (non-hydrogen) atoms. The zero-order valence-electron chi connectivity index (χ0n) is 11.5. The van der Waals surface area contributed by atoms with Crippen LogP contribution in [-0.2, 0) is 17.7 Å². The third-order valence-corrected chi connectivity index (χ3v) is 3.09. The highest BCUT2D eigenvalue weighted by molar-refractivity contribution is 5.80. The van der Waals surface area contributed by atoms with E-state index in [-0.39, 0.29) is 12.1 Å². The molecule has 0 fully saturated rings. The third kappa shape index (κ3) is 2.82. The van der Waals surface area contributed by atoms with Crippen LogP contribution in [0.1, 0.15) is 11.7 Å². The highest BCUT2D eigenvalue weighted by Crippen LogP contribution is 2.07. The van der Waals surface area contributed by atoms with Crippen LogP contribution < -0.4 is 5.56 Å². The van der Waals surface area contributed by atoms with Gasteiger partial charge in [0.25, 0.3) is 5.56 Å². The highest BCUT2D eigenvalue weighted by atomic mass is 16.5. The first-order chi connectivity index (χ1) is 10.3. The van der Waals surface area contributed by atoms with Gasteiger partial charge in [-0.3, -0.25) is 4.79 Å². The molecule has 7 nitrogen and oxygen atoms in total. The fourth-order valence-corrected chi connectivity index (χ4v) is 2.02. The van der Waals surface area contributed by atoms with E-state index < -0.39 is 0 Å². The van der Waals surface area contributed by atoms with Crippen LogP contribution in [0.3, 0.4) is 0 Å². The van der Waals surface area contributed by atoms with Crippen LogP contribution in [0, 0.1) is 0 Å². The van der Waals surface area contributed by atoms with E-state index in [1.54, 1.807) is 19.4 Å². The summed E-state index contributed by atoms with van der Waals surface area (Å²) in [4.78, 5) is 16.5. The van der Waals surface area contributed by atoms with Crippen LogP contribution in [-0.4, -0.2) is 33.6 Å². The van der Waals surface area contributed by atoms with E-state index in [0.29, 0.717) is 30.1 Å². The average Bonchev–Trinajstić information content (AvgIpc) is 2.96. The Bertz CT molecular complexity index is 809. The summed E-state index contributed by atoms with van der Waals surface area (Å²) in [6.45, 7) is 0.677. The number of hydrogen-bond acceptors (Lipinski definition) is 6. The molecule has 0 unspecified atom stereocenters. The lowest BCUT2D eigenvalue weighted by Gasteiger charge is -2.02. The lowest BCUT2D eigenvalue weighted by atomic mass is 10.2. The second kappa shape index (κ2) is 5.84. The van der Waals surface area contributed by atoms with Crippen molar-refractivity contribution in [3.05, 3.63) is 52.5 Å². The first kappa shape index (κ1) is 13.4. The molecule has 2 aromatic heterocycles. The van der Waals surface area contributed by atoms with Crippen molar-refractivity contribution in [2.45, 2.75) is 13.0 Å². The van der Waals surface area contributed by atoms with Gasteiger partial charge in [0.05, 0.1) is 18.2 Å². The van der Waals surface area contributed by atoms with Crippen molar-refractivity contribution in [1.82, 2.24) is 19.9 Å². The maximum absolute atomic E-state index is 12.3. The number of ether oxygens (including phenoxy) is 1. The van der Waals surface area contributed by atoms with Crippen LogP contribution in [0.5, 0.6) is 0 Å². The Labute approximate surface area is 120 Å². The van der Waals surface area contributed by atoms with Crippen molar-refractivity contribution in [2.75, 3.05) is 13.7 Å². The first-order valence-electron chi connectivity index (χ1n) is 6.53. The Hall–Kier alpha value is -2.54. The number of methoxy groups -OCH3 is 1. The van der Waals surface area contributed by atoms with E-state index in [9.17, 15) is 4.79 Å². The molecule has 0 atom stereocenters. The Kier molecular flexibility index (Phi) is 3.74. The molecule has 0 saturated heterocycles. The summed E-state index contributed by atoms with van der Waals surface area (Å²) in [6, 6.07) is 7.31. The lowest BCUT2D eigenvalue weighted by molar-refractivity contribution is 0.199. The van der Waals surface area contributed by atoms with Crippen LogP contribution in [0.15, 0.2) is 39.8 Å². The Morgan fingerprint density at radius 1 is 1.33 bits per heavy atom. The monoisotopic (exact) mass is 286 g/mol. The molecule has 0 N–H and O–H groups in total. The molecule has 0 spiro atoms. The number of fused-ring (bicyclic) bond motifs is 1. The molecule has 0 amide bonds. The fraction of sp³-hybridized carbons (Fsp3) is 0.286. The number of benzene rings is 1. The van der Waals surface area contributed by atoms with E-state index in [0.717, 1.165) is 5.39 Å². The van der Waals surface area contributed by atoms with Crippen LogP contribution >= 0.6 is 0 Å². The van der Waals surface area contributed by atoms with Crippen LogP contribution in [0.4, 0.5) is 0 Å². The van der Waals surface area contributed by atoms with Crippen LogP contribution in [0.25, 0.3) is 10.8 Å². The summed E-state index contributed by atoms with van der Waals surface area (Å²) in [7, 11) is 1.61. The Morgan fingerprint density at radius 2 is 2.19 bits per heavy atom. The molecule has 3 rings (SSSR count). The van der Waals surface area contributed by atoms with Crippen molar-refractivity contribution in [3.63, 3.8) is 0 Å². The number of hydrogen-bond donors (Lipinski definition) is 0. The molecule has 0 radical (unpaired) electrons. The van der Waals surface area contributed by atoms with Gasteiger partial charge in [-0.2, -0.15) is 10.1 Å². The summed E-state index contributed by atoms with van der Waals surface area (Å²) in [5, 5.41) is 9.38. The molecular formula is C14H14N4O3. The van der Waals surface area contributed by atoms with E-state index in [2.05, 4.69) is 15.2 Å². The normalized spacial score (nSPS) is 11.1. The van der Waals surface area contributed by atoms with Crippen molar-refractivity contribution < 1.29 is 9.26 Å². The lowest BCUT2D eigenvalue weighted by Crippen LogP contribution is -2.23. The maximum Gasteiger partial charge on any atom is 0.275 e. The summed E-state index contributed by atoms with van der Waals surface area (Å²) >= 11 is 0. The zero-order chi connectivity index (χ0) is 14.7. The predicted octanol–water partition coefficient (Wildman–Crippen LogP) is 1.02. The van der Waals surface area contributed by atoms with E-state index in [1.807, 2.05) is 18.2 Å². The van der Waals surface area contributed by atoms with Gasteiger partial charge in [-0.15, -0.1) is 0 Å². The van der Waals surface area contributed by atoms with Gasteiger partial charge in [0.1, 0.15) is 6.54 Å². The molecule has 0 bridgehead atoms. The predicted molar refractivity (Wildman–Crippen MR) is 75.0 cm³/mol. The minimum atomic E-state index is -0.176. The van der Waals surface area contributed by atoms with Crippen molar-refractivity contribution in [2.24, 2.45) is 0 Å². The van der Waals surface area contributed by atoms with E-state index >= 15 is 0 Å². The fourth-order valence-electron chi connectivity index (χ4n) is 2.02. The molecule has 1 aromatic carbocycles. The molecular weight excluding hydrogens is 272 g/mol. The molecule has 3 aromatic rings. The van der Waals surface area contributed by atoms with E-state index in [4.69, 9.17) is 9.26 Å². The maximum atomic E-state index is 12.3. The summed E-state index contributed by atoms with van der Waals surface area (Å²) in [5.74, 6) is 0.909. The van der Waals surface area contributed by atoms with Crippen molar-refractivity contribution >= 4 is 10.8 Å². The van der Waals surface area contributed by atoms with Gasteiger partial charge in [0, 0.05) is 18.9 Å². The van der Waals surface area contributed by atoms with Gasteiger partial charge in [-0.05, 0) is 6.07 Å². The van der Waals surface area contributed by atoms with Gasteiger partial charge in [-0.25, -0.2) is 4.68 Å². The van der Waals surface area contributed by atoms with Crippen molar-refractivity contribution in [3.8, 4) is 0 Å².